The van der Waals surface area contributed by atoms with E-state index in [0.29, 0.717) is 24.2 Å². The van der Waals surface area contributed by atoms with Gasteiger partial charge in [0.2, 0.25) is 5.91 Å². The van der Waals surface area contributed by atoms with Gasteiger partial charge in [-0.25, -0.2) is 0 Å². The van der Waals surface area contributed by atoms with Crippen LogP contribution < -0.4 is 5.32 Å². The smallest absolute Gasteiger partial charge is 0.290 e. The van der Waals surface area contributed by atoms with Crippen LogP contribution in [-0.4, -0.2) is 54.2 Å². The molecule has 1 atom stereocenters. The molecule has 2 heterocycles. The highest BCUT2D eigenvalue weighted by atomic mass is 16.3. The molecule has 2 aromatic rings. The SMILES string of the molecule is CN(C)C(=O)c1cccc(NC(=O)C2CCCCN2C(=O)c2ccco2)c1. The second kappa shape index (κ2) is 8.07. The van der Waals surface area contributed by atoms with Crippen molar-refractivity contribution < 1.29 is 18.8 Å². The number of piperidine rings is 1. The fraction of sp³-hybridized carbons (Fsp3) is 0.350. The Morgan fingerprint density at radius 3 is 2.67 bits per heavy atom. The first-order valence-corrected chi connectivity index (χ1v) is 8.94. The van der Waals surface area contributed by atoms with Crippen LogP contribution >= 0.6 is 0 Å². The van der Waals surface area contributed by atoms with E-state index in [1.807, 2.05) is 0 Å². The molecule has 1 aromatic carbocycles. The van der Waals surface area contributed by atoms with Crippen LogP contribution in [0.25, 0.3) is 0 Å². The first-order valence-electron chi connectivity index (χ1n) is 8.94. The average molecular weight is 369 g/mol. The van der Waals surface area contributed by atoms with Crippen molar-refractivity contribution in [2.24, 2.45) is 0 Å². The summed E-state index contributed by atoms with van der Waals surface area (Å²) in [7, 11) is 3.35. The van der Waals surface area contributed by atoms with E-state index in [2.05, 4.69) is 5.32 Å². The van der Waals surface area contributed by atoms with Gasteiger partial charge in [0, 0.05) is 31.9 Å². The van der Waals surface area contributed by atoms with E-state index >= 15 is 0 Å². The Hall–Kier alpha value is -3.09. The maximum Gasteiger partial charge on any atom is 0.290 e. The molecule has 1 unspecified atom stereocenters. The zero-order valence-electron chi connectivity index (χ0n) is 15.5. The molecule has 1 aliphatic rings. The fourth-order valence-corrected chi connectivity index (χ4v) is 3.20. The van der Waals surface area contributed by atoms with Gasteiger partial charge in [0.15, 0.2) is 5.76 Å². The molecular formula is C20H23N3O4. The number of carbonyl (C=O) groups excluding carboxylic acids is 3. The zero-order valence-corrected chi connectivity index (χ0v) is 15.5. The first kappa shape index (κ1) is 18.7. The van der Waals surface area contributed by atoms with Gasteiger partial charge in [-0.1, -0.05) is 6.07 Å². The van der Waals surface area contributed by atoms with Crippen LogP contribution in [0.1, 0.15) is 40.2 Å². The van der Waals surface area contributed by atoms with E-state index in [4.69, 9.17) is 4.42 Å². The van der Waals surface area contributed by atoms with Crippen molar-refractivity contribution in [2.45, 2.75) is 25.3 Å². The van der Waals surface area contributed by atoms with Crippen molar-refractivity contribution in [3.63, 3.8) is 0 Å². The molecule has 0 bridgehead atoms. The van der Waals surface area contributed by atoms with Crippen molar-refractivity contribution in [3.05, 3.63) is 54.0 Å². The molecule has 1 fully saturated rings. The molecule has 0 radical (unpaired) electrons. The highest BCUT2D eigenvalue weighted by molar-refractivity contribution is 6.01. The van der Waals surface area contributed by atoms with E-state index in [1.165, 1.54) is 11.2 Å². The minimum Gasteiger partial charge on any atom is -0.459 e. The first-order chi connectivity index (χ1) is 13.0. The Bertz CT molecular complexity index is 830. The molecule has 0 saturated carbocycles. The van der Waals surface area contributed by atoms with Crippen molar-refractivity contribution >= 4 is 23.4 Å². The van der Waals surface area contributed by atoms with E-state index in [9.17, 15) is 14.4 Å². The molecular weight excluding hydrogens is 346 g/mol. The highest BCUT2D eigenvalue weighted by Crippen LogP contribution is 2.22. The summed E-state index contributed by atoms with van der Waals surface area (Å²) in [6.07, 6.45) is 3.76. The quantitative estimate of drug-likeness (QED) is 0.898. The van der Waals surface area contributed by atoms with Gasteiger partial charge in [-0.3, -0.25) is 14.4 Å². The lowest BCUT2D eigenvalue weighted by atomic mass is 10.0. The zero-order chi connectivity index (χ0) is 19.4. The molecule has 1 aliphatic heterocycles. The van der Waals surface area contributed by atoms with E-state index in [1.54, 1.807) is 55.4 Å². The predicted molar refractivity (Wildman–Crippen MR) is 100 cm³/mol. The number of benzene rings is 1. The van der Waals surface area contributed by atoms with Crippen LogP contribution in [0.4, 0.5) is 5.69 Å². The third-order valence-corrected chi connectivity index (χ3v) is 4.58. The summed E-state index contributed by atoms with van der Waals surface area (Å²) in [6.45, 7) is 0.511. The average Bonchev–Trinajstić information content (AvgIpc) is 3.21. The number of nitrogens with zero attached hydrogens (tertiary/aromatic N) is 2. The van der Waals surface area contributed by atoms with E-state index in [0.717, 1.165) is 12.8 Å². The summed E-state index contributed by atoms with van der Waals surface area (Å²) in [5.74, 6) is -0.452. The normalized spacial score (nSPS) is 16.7. The third kappa shape index (κ3) is 4.19. The van der Waals surface area contributed by atoms with E-state index < -0.39 is 6.04 Å². The lowest BCUT2D eigenvalue weighted by molar-refractivity contribution is -0.121. The Kier molecular flexibility index (Phi) is 5.59. The van der Waals surface area contributed by atoms with Crippen molar-refractivity contribution in [1.82, 2.24) is 9.80 Å². The van der Waals surface area contributed by atoms with Gasteiger partial charge in [-0.05, 0) is 49.6 Å². The second-order valence-electron chi connectivity index (χ2n) is 6.76. The van der Waals surface area contributed by atoms with E-state index in [-0.39, 0.29) is 23.5 Å². The molecule has 1 aromatic heterocycles. The molecule has 27 heavy (non-hydrogen) atoms. The summed E-state index contributed by atoms with van der Waals surface area (Å²) >= 11 is 0. The molecule has 1 saturated heterocycles. The number of amides is 3. The number of furan rings is 1. The van der Waals surface area contributed by atoms with Crippen LogP contribution in [0.3, 0.4) is 0 Å². The molecule has 3 amide bonds. The number of likely N-dealkylation sites (tertiary alicyclic amines) is 1. The van der Waals surface area contributed by atoms with Crippen LogP contribution in [0.5, 0.6) is 0 Å². The molecule has 0 aliphatic carbocycles. The summed E-state index contributed by atoms with van der Waals surface area (Å²) < 4.78 is 5.19. The van der Waals surface area contributed by atoms with Crippen molar-refractivity contribution in [3.8, 4) is 0 Å². The molecule has 1 N–H and O–H groups in total. The lowest BCUT2D eigenvalue weighted by Crippen LogP contribution is -2.49. The number of hydrogen-bond donors (Lipinski definition) is 1. The lowest BCUT2D eigenvalue weighted by Gasteiger charge is -2.34. The largest absolute Gasteiger partial charge is 0.459 e. The Balaban J connectivity index is 1.75. The van der Waals surface area contributed by atoms with Gasteiger partial charge < -0.3 is 19.5 Å². The minimum absolute atomic E-state index is 0.140. The number of hydrogen-bond acceptors (Lipinski definition) is 4. The summed E-state index contributed by atoms with van der Waals surface area (Å²) in [5, 5.41) is 2.84. The van der Waals surface area contributed by atoms with Gasteiger partial charge in [0.05, 0.1) is 6.26 Å². The van der Waals surface area contributed by atoms with Crippen molar-refractivity contribution in [2.75, 3.05) is 26.0 Å². The molecule has 142 valence electrons. The maximum absolute atomic E-state index is 12.8. The molecule has 3 rings (SSSR count). The van der Waals surface area contributed by atoms with Crippen LogP contribution in [0.15, 0.2) is 47.1 Å². The number of rotatable bonds is 4. The predicted octanol–water partition coefficient (Wildman–Crippen LogP) is 2.61. The maximum atomic E-state index is 12.8. The monoisotopic (exact) mass is 369 g/mol. The third-order valence-electron chi connectivity index (χ3n) is 4.58. The Morgan fingerprint density at radius 1 is 1.15 bits per heavy atom. The van der Waals surface area contributed by atoms with Gasteiger partial charge in [-0.2, -0.15) is 0 Å². The van der Waals surface area contributed by atoms with Crippen LogP contribution in [0, 0.1) is 0 Å². The molecule has 7 nitrogen and oxygen atoms in total. The van der Waals surface area contributed by atoms with Gasteiger partial charge in [0.1, 0.15) is 6.04 Å². The Morgan fingerprint density at radius 2 is 1.96 bits per heavy atom. The number of nitrogens with one attached hydrogen (secondary N) is 1. The Labute approximate surface area is 157 Å². The molecule has 0 spiro atoms. The number of anilines is 1. The van der Waals surface area contributed by atoms with Gasteiger partial charge in [-0.15, -0.1) is 0 Å². The van der Waals surface area contributed by atoms with Gasteiger partial charge in [0.25, 0.3) is 11.8 Å². The summed E-state index contributed by atoms with van der Waals surface area (Å²) in [5.41, 5.74) is 1.02. The van der Waals surface area contributed by atoms with Crippen LogP contribution in [0.2, 0.25) is 0 Å². The van der Waals surface area contributed by atoms with Gasteiger partial charge >= 0.3 is 0 Å². The topological polar surface area (TPSA) is 82.9 Å². The highest BCUT2D eigenvalue weighted by Gasteiger charge is 2.33. The second-order valence-corrected chi connectivity index (χ2v) is 6.76. The summed E-state index contributed by atoms with van der Waals surface area (Å²) in [6, 6.07) is 9.48. The summed E-state index contributed by atoms with van der Waals surface area (Å²) in [4.78, 5) is 40.6. The standard InChI is InChI=1S/C20H23N3O4/c1-22(2)19(25)14-7-5-8-15(13-14)21-18(24)16-9-3-4-11-23(16)20(26)17-10-6-12-27-17/h5-8,10,12-13,16H,3-4,9,11H2,1-2H3,(H,21,24). The molecule has 7 heteroatoms. The fourth-order valence-electron chi connectivity index (χ4n) is 3.20. The number of carbonyl (C=O) groups is 3. The van der Waals surface area contributed by atoms with Crippen molar-refractivity contribution in [1.29, 1.82) is 0 Å². The minimum atomic E-state index is -0.565. The van der Waals surface area contributed by atoms with Crippen LogP contribution in [-0.2, 0) is 4.79 Å².